The van der Waals surface area contributed by atoms with Crippen LogP contribution in [0.1, 0.15) is 0 Å². The first-order valence-corrected chi connectivity index (χ1v) is 6.98. The zero-order valence-corrected chi connectivity index (χ0v) is 12.1. The van der Waals surface area contributed by atoms with Gasteiger partial charge in [-0.05, 0) is 22.2 Å². The molecular weight excluding hydrogens is 357 g/mol. The molecule has 90 valence electrons. The van der Waals surface area contributed by atoms with Gasteiger partial charge >= 0.3 is 0 Å². The maximum absolute atomic E-state index is 13.9. The molecule has 0 unspecified atom stereocenters. The summed E-state index contributed by atoms with van der Waals surface area (Å²) in [7, 11) is 0. The molecule has 0 aliphatic heterocycles. The first kappa shape index (κ1) is 13.3. The highest BCUT2D eigenvalue weighted by Crippen LogP contribution is 2.37. The van der Waals surface area contributed by atoms with Crippen molar-refractivity contribution in [1.29, 1.82) is 0 Å². The quantitative estimate of drug-likeness (QED) is 0.242. The molecule has 2 rings (SSSR count). The molecule has 2 aromatic rings. The molecule has 1 aromatic heterocycles. The minimum atomic E-state index is -0.840. The van der Waals surface area contributed by atoms with E-state index in [9.17, 15) is 8.78 Å². The molecule has 0 fully saturated rings. The molecule has 0 saturated heterocycles. The Morgan fingerprint density at radius 1 is 1.18 bits per heavy atom. The summed E-state index contributed by atoms with van der Waals surface area (Å²) in [6.07, 6.45) is 1.71. The first-order valence-electron chi connectivity index (χ1n) is 4.20. The number of rotatable bonds is 1. The van der Waals surface area contributed by atoms with Crippen LogP contribution in [0.15, 0.2) is 9.63 Å². The Hall–Kier alpha value is -0.170. The SMILES string of the molecule is CSc1nc(Cl)c2c(F)c(Cl)c(Br)c(F)c2n1. The van der Waals surface area contributed by atoms with Crippen LogP contribution in [0.2, 0.25) is 10.2 Å². The second-order valence-electron chi connectivity index (χ2n) is 2.98. The molecule has 0 saturated carbocycles. The van der Waals surface area contributed by atoms with Crippen LogP contribution in [0, 0.1) is 11.6 Å². The van der Waals surface area contributed by atoms with Crippen LogP contribution in [-0.4, -0.2) is 16.2 Å². The Kier molecular flexibility index (Phi) is 3.77. The van der Waals surface area contributed by atoms with Crippen LogP contribution in [-0.2, 0) is 0 Å². The normalized spacial score (nSPS) is 11.2. The van der Waals surface area contributed by atoms with Crippen LogP contribution < -0.4 is 0 Å². The van der Waals surface area contributed by atoms with Gasteiger partial charge in [0.25, 0.3) is 0 Å². The topological polar surface area (TPSA) is 25.8 Å². The van der Waals surface area contributed by atoms with E-state index >= 15 is 0 Å². The van der Waals surface area contributed by atoms with Gasteiger partial charge in [0, 0.05) is 0 Å². The second-order valence-corrected chi connectivity index (χ2v) is 5.28. The summed E-state index contributed by atoms with van der Waals surface area (Å²) in [5.74, 6) is -1.60. The summed E-state index contributed by atoms with van der Waals surface area (Å²) in [6.45, 7) is 0. The van der Waals surface area contributed by atoms with Crippen molar-refractivity contribution in [3.05, 3.63) is 26.3 Å². The van der Waals surface area contributed by atoms with E-state index in [1.807, 2.05) is 0 Å². The molecule has 1 aromatic carbocycles. The number of halogens is 5. The predicted molar refractivity (Wildman–Crippen MR) is 69.0 cm³/mol. The molecule has 8 heteroatoms. The van der Waals surface area contributed by atoms with Crippen molar-refractivity contribution >= 4 is 61.8 Å². The molecule has 0 bridgehead atoms. The first-order chi connectivity index (χ1) is 7.97. The van der Waals surface area contributed by atoms with E-state index in [0.717, 1.165) is 0 Å². The molecule has 0 spiro atoms. The van der Waals surface area contributed by atoms with Crippen molar-refractivity contribution in [3.63, 3.8) is 0 Å². The zero-order chi connectivity index (χ0) is 12.7. The van der Waals surface area contributed by atoms with Crippen molar-refractivity contribution in [2.75, 3.05) is 6.26 Å². The average Bonchev–Trinajstić information content (AvgIpc) is 2.32. The summed E-state index contributed by atoms with van der Waals surface area (Å²) in [6, 6.07) is 0. The van der Waals surface area contributed by atoms with Crippen molar-refractivity contribution in [3.8, 4) is 0 Å². The minimum absolute atomic E-state index is 0.162. The number of nitrogens with zero attached hydrogens (tertiary/aromatic N) is 2. The number of benzene rings is 1. The molecule has 0 radical (unpaired) electrons. The van der Waals surface area contributed by atoms with Crippen molar-refractivity contribution < 1.29 is 8.78 Å². The van der Waals surface area contributed by atoms with E-state index in [-0.39, 0.29) is 30.7 Å². The summed E-state index contributed by atoms with van der Waals surface area (Å²) < 4.78 is 27.5. The highest BCUT2D eigenvalue weighted by Gasteiger charge is 2.21. The van der Waals surface area contributed by atoms with Gasteiger partial charge in [-0.2, -0.15) is 0 Å². The van der Waals surface area contributed by atoms with Gasteiger partial charge in [0.1, 0.15) is 10.7 Å². The lowest BCUT2D eigenvalue weighted by Crippen LogP contribution is -1.97. The van der Waals surface area contributed by atoms with Crippen molar-refractivity contribution in [1.82, 2.24) is 9.97 Å². The van der Waals surface area contributed by atoms with E-state index in [1.165, 1.54) is 11.8 Å². The van der Waals surface area contributed by atoms with E-state index in [2.05, 4.69) is 25.9 Å². The fourth-order valence-electron chi connectivity index (χ4n) is 1.27. The van der Waals surface area contributed by atoms with Crippen molar-refractivity contribution in [2.24, 2.45) is 0 Å². The largest absolute Gasteiger partial charge is 0.219 e. The fourth-order valence-corrected chi connectivity index (χ4v) is 2.47. The highest BCUT2D eigenvalue weighted by atomic mass is 79.9. The fraction of sp³-hybridized carbons (Fsp3) is 0.111. The Bertz CT molecular complexity index is 624. The summed E-state index contributed by atoms with van der Waals surface area (Å²) >= 11 is 15.5. The van der Waals surface area contributed by atoms with Crippen molar-refractivity contribution in [2.45, 2.75) is 5.16 Å². The van der Waals surface area contributed by atoms with E-state index in [0.29, 0.717) is 0 Å². The van der Waals surface area contributed by atoms with Gasteiger partial charge in [0.2, 0.25) is 0 Å². The smallest absolute Gasteiger partial charge is 0.189 e. The van der Waals surface area contributed by atoms with Gasteiger partial charge in [0.15, 0.2) is 16.8 Å². The number of fused-ring (bicyclic) bond motifs is 1. The van der Waals surface area contributed by atoms with E-state index < -0.39 is 11.6 Å². The molecule has 0 aliphatic carbocycles. The second kappa shape index (κ2) is 4.84. The average molecular weight is 360 g/mol. The van der Waals surface area contributed by atoms with Gasteiger partial charge < -0.3 is 0 Å². The Morgan fingerprint density at radius 2 is 1.82 bits per heavy atom. The van der Waals surface area contributed by atoms with E-state index in [4.69, 9.17) is 23.2 Å². The molecule has 1 heterocycles. The highest BCUT2D eigenvalue weighted by molar-refractivity contribution is 9.10. The maximum Gasteiger partial charge on any atom is 0.189 e. The lowest BCUT2D eigenvalue weighted by molar-refractivity contribution is 0.607. The van der Waals surface area contributed by atoms with Crippen LogP contribution in [0.4, 0.5) is 8.78 Å². The number of aromatic nitrogens is 2. The van der Waals surface area contributed by atoms with Crippen LogP contribution in [0.5, 0.6) is 0 Å². The lowest BCUT2D eigenvalue weighted by Gasteiger charge is -2.08. The van der Waals surface area contributed by atoms with Crippen LogP contribution >= 0.6 is 50.9 Å². The third-order valence-electron chi connectivity index (χ3n) is 2.03. The van der Waals surface area contributed by atoms with Gasteiger partial charge in [-0.15, -0.1) is 0 Å². The molecule has 0 atom stereocenters. The number of hydrogen-bond donors (Lipinski definition) is 0. The standard InChI is InChI=1S/C9H3BrCl2F2N2S/c1-17-9-15-7-2(8(12)16-9)5(13)4(11)3(10)6(7)14/h1H3. The number of thioether (sulfide) groups is 1. The maximum atomic E-state index is 13.9. The van der Waals surface area contributed by atoms with Gasteiger partial charge in [-0.3, -0.25) is 0 Å². The zero-order valence-electron chi connectivity index (χ0n) is 8.19. The van der Waals surface area contributed by atoms with Crippen LogP contribution in [0.3, 0.4) is 0 Å². The van der Waals surface area contributed by atoms with Gasteiger partial charge in [-0.25, -0.2) is 18.7 Å². The summed E-state index contributed by atoms with van der Waals surface area (Å²) in [5.41, 5.74) is -0.192. The third kappa shape index (κ3) is 2.12. The lowest BCUT2D eigenvalue weighted by atomic mass is 10.2. The molecule has 17 heavy (non-hydrogen) atoms. The van der Waals surface area contributed by atoms with E-state index in [1.54, 1.807) is 6.26 Å². The summed E-state index contributed by atoms with van der Waals surface area (Å²) in [5, 5.41) is -0.493. The number of hydrogen-bond acceptors (Lipinski definition) is 3. The van der Waals surface area contributed by atoms with Crippen LogP contribution in [0.25, 0.3) is 10.9 Å². The molecule has 0 aliphatic rings. The molecular formula is C9H3BrCl2F2N2S. The predicted octanol–water partition coefficient (Wildman–Crippen LogP) is 4.70. The monoisotopic (exact) mass is 358 g/mol. The van der Waals surface area contributed by atoms with Gasteiger partial charge in [-0.1, -0.05) is 35.0 Å². The Labute approximate surface area is 118 Å². The molecule has 0 N–H and O–H groups in total. The minimum Gasteiger partial charge on any atom is -0.219 e. The molecule has 2 nitrogen and oxygen atoms in total. The Morgan fingerprint density at radius 3 is 2.41 bits per heavy atom. The molecule has 0 amide bonds. The summed E-state index contributed by atoms with van der Waals surface area (Å²) in [4.78, 5) is 7.71. The Balaban J connectivity index is 3.00. The van der Waals surface area contributed by atoms with Gasteiger partial charge in [0.05, 0.1) is 14.9 Å². The third-order valence-corrected chi connectivity index (χ3v) is 4.18.